The molecule has 21 heavy (non-hydrogen) atoms. The lowest BCUT2D eigenvalue weighted by Gasteiger charge is -2.10. The number of hydrogen-bond acceptors (Lipinski definition) is 4. The largest absolute Gasteiger partial charge is 0.326 e. The lowest BCUT2D eigenvalue weighted by atomic mass is 9.97. The van der Waals surface area contributed by atoms with Crippen molar-refractivity contribution in [2.24, 2.45) is 22.9 Å². The highest BCUT2D eigenvalue weighted by Crippen LogP contribution is 2.17. The van der Waals surface area contributed by atoms with Gasteiger partial charge in [-0.25, -0.2) is 0 Å². The molecule has 0 aromatic heterocycles. The Labute approximate surface area is 126 Å². The Kier molecular flexibility index (Phi) is 5.47. The number of nitrogens with two attached hydrogens (primary N) is 4. The minimum atomic E-state index is 0.526. The molecule has 0 saturated carbocycles. The van der Waals surface area contributed by atoms with Crippen LogP contribution in [0.25, 0.3) is 0 Å². The van der Waals surface area contributed by atoms with E-state index in [1.54, 1.807) is 0 Å². The Bertz CT molecular complexity index is 510. The molecule has 0 saturated heterocycles. The Morgan fingerprint density at radius 1 is 0.429 bits per heavy atom. The van der Waals surface area contributed by atoms with Gasteiger partial charge in [0.05, 0.1) is 0 Å². The maximum absolute atomic E-state index is 5.75. The van der Waals surface area contributed by atoms with E-state index in [9.17, 15) is 0 Å². The van der Waals surface area contributed by atoms with Gasteiger partial charge in [-0.3, -0.25) is 0 Å². The van der Waals surface area contributed by atoms with Gasteiger partial charge >= 0.3 is 0 Å². The second-order valence-corrected chi connectivity index (χ2v) is 5.31. The molecule has 0 radical (unpaired) electrons. The van der Waals surface area contributed by atoms with Gasteiger partial charge in [0.2, 0.25) is 0 Å². The third-order valence-electron chi connectivity index (χ3n) is 3.58. The van der Waals surface area contributed by atoms with Crippen LogP contribution >= 0.6 is 0 Å². The molecular formula is C17H24N4. The first-order chi connectivity index (χ1) is 10.2. The van der Waals surface area contributed by atoms with Gasteiger partial charge in [0.15, 0.2) is 0 Å². The van der Waals surface area contributed by atoms with Gasteiger partial charge in [0, 0.05) is 26.2 Å². The van der Waals surface area contributed by atoms with Crippen LogP contribution in [0.15, 0.2) is 36.4 Å². The van der Waals surface area contributed by atoms with Gasteiger partial charge in [0.1, 0.15) is 0 Å². The molecule has 0 spiro atoms. The van der Waals surface area contributed by atoms with E-state index < -0.39 is 0 Å². The summed E-state index contributed by atoms with van der Waals surface area (Å²) in [5.41, 5.74) is 29.9. The van der Waals surface area contributed by atoms with E-state index in [2.05, 4.69) is 36.4 Å². The van der Waals surface area contributed by atoms with Crippen LogP contribution in [0, 0.1) is 0 Å². The van der Waals surface area contributed by atoms with Crippen LogP contribution in [-0.4, -0.2) is 0 Å². The van der Waals surface area contributed by atoms with Crippen molar-refractivity contribution in [3.63, 3.8) is 0 Å². The molecule has 8 N–H and O–H groups in total. The summed E-state index contributed by atoms with van der Waals surface area (Å²) in [7, 11) is 0. The van der Waals surface area contributed by atoms with E-state index in [1.165, 1.54) is 11.1 Å². The molecule has 0 fully saturated rings. The van der Waals surface area contributed by atoms with E-state index in [1.807, 2.05) is 0 Å². The standard InChI is InChI=1S/C17H24N4/c18-8-14-2-12(3-15(6-14)9-19)1-13-4-16(10-20)7-17(5-13)11-21/h2-7H,1,8-11,18-21H2. The van der Waals surface area contributed by atoms with E-state index in [0.717, 1.165) is 28.7 Å². The minimum absolute atomic E-state index is 0.526. The summed E-state index contributed by atoms with van der Waals surface area (Å²) in [6.07, 6.45) is 0.835. The molecule has 0 heterocycles. The summed E-state index contributed by atoms with van der Waals surface area (Å²) in [4.78, 5) is 0. The first kappa shape index (κ1) is 15.7. The second-order valence-electron chi connectivity index (χ2n) is 5.31. The Morgan fingerprint density at radius 3 is 0.905 bits per heavy atom. The Morgan fingerprint density at radius 2 is 0.667 bits per heavy atom. The van der Waals surface area contributed by atoms with E-state index in [0.29, 0.717) is 26.2 Å². The normalized spacial score (nSPS) is 10.9. The van der Waals surface area contributed by atoms with Crippen LogP contribution in [0.1, 0.15) is 33.4 Å². The van der Waals surface area contributed by atoms with E-state index >= 15 is 0 Å². The zero-order chi connectivity index (χ0) is 15.2. The molecule has 0 aliphatic carbocycles. The van der Waals surface area contributed by atoms with Gasteiger partial charge in [-0.15, -0.1) is 0 Å². The Hall–Kier alpha value is -1.72. The highest BCUT2D eigenvalue weighted by atomic mass is 14.5. The SMILES string of the molecule is NCc1cc(CN)cc(Cc2cc(CN)cc(CN)c2)c1. The molecule has 0 amide bonds. The zero-order valence-electron chi connectivity index (χ0n) is 12.3. The van der Waals surface area contributed by atoms with Crippen LogP contribution in [0.2, 0.25) is 0 Å². The predicted molar refractivity (Wildman–Crippen MR) is 87.3 cm³/mol. The molecule has 4 nitrogen and oxygen atoms in total. The molecule has 4 heteroatoms. The topological polar surface area (TPSA) is 104 Å². The van der Waals surface area contributed by atoms with Crippen molar-refractivity contribution in [1.29, 1.82) is 0 Å². The maximum atomic E-state index is 5.75. The monoisotopic (exact) mass is 284 g/mol. The summed E-state index contributed by atoms with van der Waals surface area (Å²) < 4.78 is 0. The zero-order valence-corrected chi connectivity index (χ0v) is 12.3. The molecule has 2 aromatic carbocycles. The molecule has 0 atom stereocenters. The van der Waals surface area contributed by atoms with Crippen LogP contribution in [0.5, 0.6) is 0 Å². The predicted octanol–water partition coefficient (Wildman–Crippen LogP) is 1.11. The molecule has 0 aliphatic rings. The van der Waals surface area contributed by atoms with Crippen molar-refractivity contribution in [3.05, 3.63) is 69.8 Å². The fourth-order valence-corrected chi connectivity index (χ4v) is 2.59. The van der Waals surface area contributed by atoms with Crippen molar-refractivity contribution in [2.45, 2.75) is 32.6 Å². The molecule has 2 rings (SSSR count). The van der Waals surface area contributed by atoms with Gasteiger partial charge < -0.3 is 22.9 Å². The fraction of sp³-hybridized carbons (Fsp3) is 0.294. The fourth-order valence-electron chi connectivity index (χ4n) is 2.59. The van der Waals surface area contributed by atoms with Gasteiger partial charge in [-0.05, 0) is 39.8 Å². The second kappa shape index (κ2) is 7.33. The minimum Gasteiger partial charge on any atom is -0.326 e. The summed E-state index contributed by atoms with van der Waals surface area (Å²) in [6, 6.07) is 12.7. The van der Waals surface area contributed by atoms with E-state index in [-0.39, 0.29) is 0 Å². The van der Waals surface area contributed by atoms with Gasteiger partial charge in [-0.2, -0.15) is 0 Å². The smallest absolute Gasteiger partial charge is 0.0178 e. The van der Waals surface area contributed by atoms with Crippen molar-refractivity contribution in [1.82, 2.24) is 0 Å². The molecule has 0 unspecified atom stereocenters. The Balaban J connectivity index is 2.32. The number of rotatable bonds is 6. The van der Waals surface area contributed by atoms with Crippen molar-refractivity contribution >= 4 is 0 Å². The molecule has 0 bridgehead atoms. The average Bonchev–Trinajstić information content (AvgIpc) is 2.53. The lowest BCUT2D eigenvalue weighted by molar-refractivity contribution is 0.993. The molecular weight excluding hydrogens is 260 g/mol. The highest BCUT2D eigenvalue weighted by molar-refractivity contribution is 5.37. The third-order valence-corrected chi connectivity index (χ3v) is 3.58. The van der Waals surface area contributed by atoms with Crippen LogP contribution in [-0.2, 0) is 32.6 Å². The summed E-state index contributed by atoms with van der Waals surface area (Å²) in [5.74, 6) is 0. The average molecular weight is 284 g/mol. The number of hydrogen-bond donors (Lipinski definition) is 4. The van der Waals surface area contributed by atoms with Crippen molar-refractivity contribution in [3.8, 4) is 0 Å². The van der Waals surface area contributed by atoms with E-state index in [4.69, 9.17) is 22.9 Å². The molecule has 2 aromatic rings. The third kappa shape index (κ3) is 4.12. The highest BCUT2D eigenvalue weighted by Gasteiger charge is 2.04. The first-order valence-electron chi connectivity index (χ1n) is 7.22. The first-order valence-corrected chi connectivity index (χ1v) is 7.22. The summed E-state index contributed by atoms with van der Waals surface area (Å²) in [6.45, 7) is 2.10. The lowest BCUT2D eigenvalue weighted by Crippen LogP contribution is -2.05. The summed E-state index contributed by atoms with van der Waals surface area (Å²) in [5, 5.41) is 0. The van der Waals surface area contributed by atoms with Crippen molar-refractivity contribution < 1.29 is 0 Å². The molecule has 112 valence electrons. The van der Waals surface area contributed by atoms with Crippen LogP contribution in [0.4, 0.5) is 0 Å². The van der Waals surface area contributed by atoms with Gasteiger partial charge in [-0.1, -0.05) is 36.4 Å². The maximum Gasteiger partial charge on any atom is 0.0178 e. The van der Waals surface area contributed by atoms with Crippen LogP contribution < -0.4 is 22.9 Å². The number of benzene rings is 2. The summed E-state index contributed by atoms with van der Waals surface area (Å²) >= 11 is 0. The van der Waals surface area contributed by atoms with Crippen molar-refractivity contribution in [2.75, 3.05) is 0 Å². The van der Waals surface area contributed by atoms with Crippen LogP contribution in [0.3, 0.4) is 0 Å². The molecule has 0 aliphatic heterocycles. The van der Waals surface area contributed by atoms with Gasteiger partial charge in [0.25, 0.3) is 0 Å². The quantitative estimate of drug-likeness (QED) is 0.638.